The molecule has 1 aliphatic heterocycles. The molecule has 2 aromatic rings. The number of benzene rings is 2. The second-order valence-corrected chi connectivity index (χ2v) is 8.01. The molecule has 0 saturated heterocycles. The first-order chi connectivity index (χ1) is 12.0. The second-order valence-electron chi connectivity index (χ2n) is 6.23. The highest BCUT2D eigenvalue weighted by Crippen LogP contribution is 2.18. The molecule has 2 aromatic carbocycles. The van der Waals surface area contributed by atoms with Gasteiger partial charge in [-0.15, -0.1) is 0 Å². The van der Waals surface area contributed by atoms with Crippen LogP contribution in [0, 0.1) is 0 Å². The quantitative estimate of drug-likeness (QED) is 0.796. The van der Waals surface area contributed by atoms with Gasteiger partial charge in [0.15, 0.2) is 0 Å². The number of sulfonamides is 1. The normalized spacial score (nSPS) is 18.4. The van der Waals surface area contributed by atoms with E-state index in [0.717, 1.165) is 11.3 Å². The van der Waals surface area contributed by atoms with E-state index in [9.17, 15) is 8.42 Å². The third-order valence-corrected chi connectivity index (χ3v) is 4.72. The molecule has 2 unspecified atom stereocenters. The van der Waals surface area contributed by atoms with E-state index in [1.807, 2.05) is 66.7 Å². The molecule has 0 fully saturated rings. The fraction of sp³-hybridized carbons (Fsp3) is 0.263. The van der Waals surface area contributed by atoms with Crippen LogP contribution in [0.2, 0.25) is 0 Å². The third kappa shape index (κ3) is 5.42. The van der Waals surface area contributed by atoms with Gasteiger partial charge in [-0.05, 0) is 23.6 Å². The van der Waals surface area contributed by atoms with E-state index < -0.39 is 10.0 Å². The molecular formula is C19H22N2O3S. The summed E-state index contributed by atoms with van der Waals surface area (Å²) in [6, 6.07) is 19.5. The zero-order chi connectivity index (χ0) is 17.7. The Morgan fingerprint density at radius 2 is 1.64 bits per heavy atom. The lowest BCUT2D eigenvalue weighted by molar-refractivity contribution is 0.0248. The molecule has 0 spiro atoms. The van der Waals surface area contributed by atoms with Crippen LogP contribution in [0.25, 0.3) is 0 Å². The lowest BCUT2D eigenvalue weighted by Crippen LogP contribution is -2.44. The Bertz CT molecular complexity index is 820. The summed E-state index contributed by atoms with van der Waals surface area (Å²) < 4.78 is 26.2. The summed E-state index contributed by atoms with van der Waals surface area (Å²) in [7, 11) is -3.34. The van der Waals surface area contributed by atoms with Crippen molar-refractivity contribution in [1.82, 2.24) is 10.2 Å². The smallest absolute Gasteiger partial charge is 0.209 e. The van der Waals surface area contributed by atoms with Crippen LogP contribution in [0.5, 0.6) is 0 Å². The number of hydroxylamine groups is 1. The molecule has 2 N–H and O–H groups in total. The van der Waals surface area contributed by atoms with Crippen LogP contribution in [0.3, 0.4) is 0 Å². The largest absolute Gasteiger partial charge is 0.270 e. The Morgan fingerprint density at radius 1 is 1.04 bits per heavy atom. The fourth-order valence-corrected chi connectivity index (χ4v) is 3.65. The molecule has 3 rings (SSSR count). The first-order valence-electron chi connectivity index (χ1n) is 8.17. The van der Waals surface area contributed by atoms with Crippen molar-refractivity contribution in [3.8, 4) is 0 Å². The Balaban J connectivity index is 1.74. The second kappa shape index (κ2) is 7.82. The van der Waals surface area contributed by atoms with E-state index in [1.54, 1.807) is 0 Å². The highest BCUT2D eigenvalue weighted by Gasteiger charge is 2.28. The molecule has 1 heterocycles. The van der Waals surface area contributed by atoms with Crippen molar-refractivity contribution in [3.05, 3.63) is 83.6 Å². The first kappa shape index (κ1) is 17.7. The van der Waals surface area contributed by atoms with Crippen molar-refractivity contribution in [2.75, 3.05) is 6.26 Å². The molecular weight excluding hydrogens is 336 g/mol. The van der Waals surface area contributed by atoms with Crippen LogP contribution in [0.1, 0.15) is 11.1 Å². The van der Waals surface area contributed by atoms with Gasteiger partial charge < -0.3 is 0 Å². The van der Waals surface area contributed by atoms with Crippen LogP contribution < -0.4 is 10.2 Å². The molecule has 5 nitrogen and oxygen atoms in total. The molecule has 0 aliphatic carbocycles. The monoisotopic (exact) mass is 358 g/mol. The SMILES string of the molecule is CS(=O)(=O)NC(Cc1ccccc1)C1C=C(Cc2ccccc2)NO1. The fourth-order valence-electron chi connectivity index (χ4n) is 2.89. The summed E-state index contributed by atoms with van der Waals surface area (Å²) in [5.74, 6) is 0. The lowest BCUT2D eigenvalue weighted by Gasteiger charge is -2.21. The topological polar surface area (TPSA) is 67.4 Å². The predicted molar refractivity (Wildman–Crippen MR) is 98.2 cm³/mol. The van der Waals surface area contributed by atoms with Crippen molar-refractivity contribution in [3.63, 3.8) is 0 Å². The van der Waals surface area contributed by atoms with Crippen molar-refractivity contribution >= 4 is 10.0 Å². The van der Waals surface area contributed by atoms with E-state index in [4.69, 9.17) is 4.84 Å². The molecule has 0 amide bonds. The van der Waals surface area contributed by atoms with Gasteiger partial charge >= 0.3 is 0 Å². The summed E-state index contributed by atoms with van der Waals surface area (Å²) in [6.07, 6.45) is 4.03. The highest BCUT2D eigenvalue weighted by atomic mass is 32.2. The average Bonchev–Trinajstić information content (AvgIpc) is 3.03. The van der Waals surface area contributed by atoms with E-state index in [1.165, 1.54) is 11.8 Å². The number of hydrogen-bond donors (Lipinski definition) is 2. The molecule has 0 aromatic heterocycles. The Morgan fingerprint density at radius 3 is 2.24 bits per heavy atom. The van der Waals surface area contributed by atoms with Crippen LogP contribution in [-0.4, -0.2) is 26.8 Å². The van der Waals surface area contributed by atoms with E-state index >= 15 is 0 Å². The summed E-state index contributed by atoms with van der Waals surface area (Å²) >= 11 is 0. The van der Waals surface area contributed by atoms with Crippen LogP contribution in [0.4, 0.5) is 0 Å². The number of hydrogen-bond acceptors (Lipinski definition) is 4. The Labute approximate surface area is 148 Å². The summed E-state index contributed by atoms with van der Waals surface area (Å²) in [5.41, 5.74) is 6.09. The van der Waals surface area contributed by atoms with Gasteiger partial charge in [0, 0.05) is 12.1 Å². The minimum atomic E-state index is -3.34. The highest BCUT2D eigenvalue weighted by molar-refractivity contribution is 7.88. The number of nitrogens with one attached hydrogen (secondary N) is 2. The van der Waals surface area contributed by atoms with Gasteiger partial charge in [-0.1, -0.05) is 60.7 Å². The van der Waals surface area contributed by atoms with Crippen molar-refractivity contribution in [2.45, 2.75) is 25.0 Å². The maximum absolute atomic E-state index is 11.8. The van der Waals surface area contributed by atoms with Crippen molar-refractivity contribution in [1.29, 1.82) is 0 Å². The van der Waals surface area contributed by atoms with Gasteiger partial charge in [-0.3, -0.25) is 10.3 Å². The molecule has 132 valence electrons. The van der Waals surface area contributed by atoms with Crippen molar-refractivity contribution < 1.29 is 13.3 Å². The number of rotatable bonds is 7. The minimum absolute atomic E-state index is 0.367. The predicted octanol–water partition coefficient (Wildman–Crippen LogP) is 2.18. The van der Waals surface area contributed by atoms with Gasteiger partial charge in [-0.25, -0.2) is 13.1 Å². The van der Waals surface area contributed by atoms with Crippen molar-refractivity contribution in [2.24, 2.45) is 0 Å². The van der Waals surface area contributed by atoms with Crippen LogP contribution in [0.15, 0.2) is 72.4 Å². The molecule has 0 bridgehead atoms. The third-order valence-electron chi connectivity index (χ3n) is 3.99. The Kier molecular flexibility index (Phi) is 5.53. The zero-order valence-corrected chi connectivity index (χ0v) is 14.9. The van der Waals surface area contributed by atoms with Gasteiger partial charge in [0.25, 0.3) is 0 Å². The van der Waals surface area contributed by atoms with Crippen LogP contribution in [-0.2, 0) is 27.7 Å². The number of allylic oxidation sites excluding steroid dienone is 1. The van der Waals surface area contributed by atoms with Gasteiger partial charge in [-0.2, -0.15) is 0 Å². The summed E-state index contributed by atoms with van der Waals surface area (Å²) in [6.45, 7) is 0. The average molecular weight is 358 g/mol. The maximum atomic E-state index is 11.8. The van der Waals surface area contributed by atoms with E-state index in [-0.39, 0.29) is 12.1 Å². The van der Waals surface area contributed by atoms with E-state index in [0.29, 0.717) is 12.8 Å². The van der Waals surface area contributed by atoms with Crippen LogP contribution >= 0.6 is 0 Å². The molecule has 1 aliphatic rings. The Hall–Kier alpha value is -2.15. The standard InChI is InChI=1S/C19H22N2O3S/c1-25(22,23)21-18(13-16-10-6-3-7-11-16)19-14-17(20-24-19)12-15-8-4-2-5-9-15/h2-11,14,18-21H,12-13H2,1H3. The first-order valence-corrected chi connectivity index (χ1v) is 10.1. The molecule has 0 radical (unpaired) electrons. The van der Waals surface area contributed by atoms with E-state index in [2.05, 4.69) is 10.2 Å². The maximum Gasteiger partial charge on any atom is 0.209 e. The molecule has 25 heavy (non-hydrogen) atoms. The molecule has 6 heteroatoms. The van der Waals surface area contributed by atoms with Gasteiger partial charge in [0.2, 0.25) is 10.0 Å². The molecule has 0 saturated carbocycles. The minimum Gasteiger partial charge on any atom is -0.270 e. The summed E-state index contributed by atoms with van der Waals surface area (Å²) in [4.78, 5) is 5.65. The summed E-state index contributed by atoms with van der Waals surface area (Å²) in [5, 5.41) is 0. The van der Waals surface area contributed by atoms with Gasteiger partial charge in [0.05, 0.1) is 12.3 Å². The molecule has 2 atom stereocenters. The van der Waals surface area contributed by atoms with Gasteiger partial charge in [0.1, 0.15) is 6.10 Å². The zero-order valence-electron chi connectivity index (χ0n) is 14.1. The lowest BCUT2D eigenvalue weighted by atomic mass is 10.0.